The number of aryl methyl sites for hydroxylation is 1. The van der Waals surface area contributed by atoms with Crippen LogP contribution >= 0.6 is 0 Å². The fraction of sp³-hybridized carbons (Fsp3) is 0.417. The molecule has 0 spiro atoms. The number of amides is 1. The van der Waals surface area contributed by atoms with E-state index in [1.165, 1.54) is 25.7 Å². The maximum absolute atomic E-state index is 12.4. The second-order valence-corrected chi connectivity index (χ2v) is 7.42. The minimum Gasteiger partial charge on any atom is -0.484 e. The number of carbonyl (C=O) groups is 1. The first-order valence-corrected chi connectivity index (χ1v) is 10.6. The van der Waals surface area contributed by atoms with Crippen LogP contribution in [0.2, 0.25) is 0 Å². The summed E-state index contributed by atoms with van der Waals surface area (Å²) in [7, 11) is 0. The second kappa shape index (κ2) is 10.6. The van der Waals surface area contributed by atoms with Crippen molar-refractivity contribution < 1.29 is 9.53 Å². The van der Waals surface area contributed by atoms with E-state index in [1.54, 1.807) is 0 Å². The molecule has 29 heavy (non-hydrogen) atoms. The van der Waals surface area contributed by atoms with Gasteiger partial charge in [-0.25, -0.2) is 4.98 Å². The smallest absolute Gasteiger partial charge is 0.258 e. The first-order valence-electron chi connectivity index (χ1n) is 10.6. The number of fused-ring (bicyclic) bond motifs is 1. The molecule has 0 bridgehead atoms. The van der Waals surface area contributed by atoms with Crippen LogP contribution in [0.4, 0.5) is 0 Å². The molecule has 1 aromatic heterocycles. The van der Waals surface area contributed by atoms with E-state index in [0.29, 0.717) is 5.75 Å². The van der Waals surface area contributed by atoms with Gasteiger partial charge in [0.1, 0.15) is 11.6 Å². The van der Waals surface area contributed by atoms with Crippen LogP contribution in [0.25, 0.3) is 11.0 Å². The molecule has 0 saturated carbocycles. The molecule has 1 atom stereocenters. The van der Waals surface area contributed by atoms with Gasteiger partial charge in [-0.05, 0) is 37.6 Å². The molecular weight excluding hydrogens is 362 g/mol. The molecule has 2 aromatic carbocycles. The predicted molar refractivity (Wildman–Crippen MR) is 117 cm³/mol. The normalized spacial score (nSPS) is 12.1. The molecule has 1 unspecified atom stereocenters. The number of nitrogens with zero attached hydrogens (tertiary/aromatic N) is 2. The van der Waals surface area contributed by atoms with Gasteiger partial charge in [0, 0.05) is 6.54 Å². The van der Waals surface area contributed by atoms with E-state index < -0.39 is 0 Å². The van der Waals surface area contributed by atoms with Gasteiger partial charge in [0.05, 0.1) is 17.1 Å². The molecule has 0 aliphatic carbocycles. The van der Waals surface area contributed by atoms with Gasteiger partial charge in [0.2, 0.25) is 0 Å². The van der Waals surface area contributed by atoms with Gasteiger partial charge in [0.25, 0.3) is 5.91 Å². The van der Waals surface area contributed by atoms with E-state index in [-0.39, 0.29) is 18.6 Å². The lowest BCUT2D eigenvalue weighted by Crippen LogP contribution is -2.32. The number of hydrogen-bond acceptors (Lipinski definition) is 3. The molecule has 0 aliphatic rings. The lowest BCUT2D eigenvalue weighted by molar-refractivity contribution is -0.123. The highest BCUT2D eigenvalue weighted by atomic mass is 16.5. The number of unbranched alkanes of at least 4 members (excludes halogenated alkanes) is 4. The van der Waals surface area contributed by atoms with Gasteiger partial charge in [-0.3, -0.25) is 4.79 Å². The summed E-state index contributed by atoms with van der Waals surface area (Å²) in [6, 6.07) is 17.4. The summed E-state index contributed by atoms with van der Waals surface area (Å²) in [6.45, 7) is 5.12. The Balaban J connectivity index is 1.65. The summed E-state index contributed by atoms with van der Waals surface area (Å²) < 4.78 is 7.81. The average Bonchev–Trinajstić information content (AvgIpc) is 3.12. The molecule has 1 heterocycles. The molecular formula is C24H31N3O2. The predicted octanol–water partition coefficient (Wildman–Crippen LogP) is 5.26. The SMILES string of the molecule is CCCCCCCn1c(C(C)NC(=O)COc2ccccc2)nc2ccccc21. The van der Waals surface area contributed by atoms with Crippen LogP contribution in [0.15, 0.2) is 54.6 Å². The fourth-order valence-corrected chi connectivity index (χ4v) is 3.55. The molecule has 1 amide bonds. The van der Waals surface area contributed by atoms with Crippen LogP contribution in [-0.2, 0) is 11.3 Å². The Labute approximate surface area is 173 Å². The molecule has 5 heteroatoms. The minimum absolute atomic E-state index is 0.00833. The number of imidazole rings is 1. The van der Waals surface area contributed by atoms with E-state index in [2.05, 4.69) is 22.9 Å². The molecule has 1 N–H and O–H groups in total. The van der Waals surface area contributed by atoms with Crippen molar-refractivity contribution in [2.24, 2.45) is 0 Å². The van der Waals surface area contributed by atoms with Crippen molar-refractivity contribution in [3.63, 3.8) is 0 Å². The van der Waals surface area contributed by atoms with Crippen molar-refractivity contribution in [1.29, 1.82) is 0 Å². The number of rotatable bonds is 11. The first kappa shape index (κ1) is 20.9. The summed E-state index contributed by atoms with van der Waals surface area (Å²) >= 11 is 0. The summed E-state index contributed by atoms with van der Waals surface area (Å²) in [6.07, 6.45) is 6.12. The van der Waals surface area contributed by atoms with Crippen molar-refractivity contribution in [3.05, 3.63) is 60.4 Å². The Morgan fingerprint density at radius 2 is 1.76 bits per heavy atom. The second-order valence-electron chi connectivity index (χ2n) is 7.42. The average molecular weight is 394 g/mol. The van der Waals surface area contributed by atoms with Gasteiger partial charge >= 0.3 is 0 Å². The lowest BCUT2D eigenvalue weighted by Gasteiger charge is -2.16. The van der Waals surface area contributed by atoms with E-state index in [0.717, 1.165) is 29.8 Å². The van der Waals surface area contributed by atoms with Crippen LogP contribution in [0.3, 0.4) is 0 Å². The van der Waals surface area contributed by atoms with E-state index in [9.17, 15) is 4.79 Å². The third-order valence-electron chi connectivity index (χ3n) is 5.05. The van der Waals surface area contributed by atoms with Gasteiger partial charge < -0.3 is 14.6 Å². The summed E-state index contributed by atoms with van der Waals surface area (Å²) in [5, 5.41) is 3.03. The van der Waals surface area contributed by atoms with Crippen molar-refractivity contribution in [3.8, 4) is 5.75 Å². The number of para-hydroxylation sites is 3. The van der Waals surface area contributed by atoms with Crippen LogP contribution in [0.5, 0.6) is 5.75 Å². The lowest BCUT2D eigenvalue weighted by atomic mass is 10.1. The van der Waals surface area contributed by atoms with E-state index >= 15 is 0 Å². The molecule has 3 aromatic rings. The highest BCUT2D eigenvalue weighted by molar-refractivity contribution is 5.79. The summed E-state index contributed by atoms with van der Waals surface area (Å²) in [5.41, 5.74) is 2.09. The van der Waals surface area contributed by atoms with Gasteiger partial charge in [-0.2, -0.15) is 0 Å². The quantitative estimate of drug-likeness (QED) is 0.452. The highest BCUT2D eigenvalue weighted by Gasteiger charge is 2.18. The van der Waals surface area contributed by atoms with Crippen LogP contribution in [0.1, 0.15) is 57.8 Å². The zero-order valence-corrected chi connectivity index (χ0v) is 17.4. The molecule has 0 fully saturated rings. The Bertz CT molecular complexity index is 905. The van der Waals surface area contributed by atoms with Crippen LogP contribution < -0.4 is 10.1 Å². The zero-order valence-electron chi connectivity index (χ0n) is 17.4. The zero-order chi connectivity index (χ0) is 20.5. The maximum atomic E-state index is 12.4. The van der Waals surface area contributed by atoms with Crippen molar-refractivity contribution >= 4 is 16.9 Å². The number of hydrogen-bond donors (Lipinski definition) is 1. The van der Waals surface area contributed by atoms with Gasteiger partial charge in [-0.15, -0.1) is 0 Å². The minimum atomic E-state index is -0.190. The standard InChI is InChI=1S/C24H31N3O2/c1-3-4-5-6-12-17-27-22-16-11-10-15-21(22)26-24(27)19(2)25-23(28)18-29-20-13-8-7-9-14-20/h7-11,13-16,19H,3-6,12,17-18H2,1-2H3,(H,25,28). The maximum Gasteiger partial charge on any atom is 0.258 e. The van der Waals surface area contributed by atoms with Crippen LogP contribution in [-0.4, -0.2) is 22.1 Å². The number of ether oxygens (including phenoxy) is 1. The number of nitrogens with one attached hydrogen (secondary N) is 1. The Morgan fingerprint density at radius 3 is 2.55 bits per heavy atom. The third-order valence-corrected chi connectivity index (χ3v) is 5.05. The molecule has 0 aliphatic heterocycles. The Morgan fingerprint density at radius 1 is 1.03 bits per heavy atom. The number of carbonyl (C=O) groups excluding carboxylic acids is 1. The number of benzene rings is 2. The molecule has 0 radical (unpaired) electrons. The largest absolute Gasteiger partial charge is 0.484 e. The van der Waals surface area contributed by atoms with E-state index in [1.807, 2.05) is 55.5 Å². The molecule has 5 nitrogen and oxygen atoms in total. The fourth-order valence-electron chi connectivity index (χ4n) is 3.55. The first-order chi connectivity index (χ1) is 14.2. The molecule has 3 rings (SSSR count). The van der Waals surface area contributed by atoms with E-state index in [4.69, 9.17) is 9.72 Å². The summed E-state index contributed by atoms with van der Waals surface area (Å²) in [5.74, 6) is 1.44. The topological polar surface area (TPSA) is 56.2 Å². The third kappa shape index (κ3) is 5.83. The van der Waals surface area contributed by atoms with Gasteiger partial charge in [-0.1, -0.05) is 62.9 Å². The van der Waals surface area contributed by atoms with Crippen molar-refractivity contribution in [2.75, 3.05) is 6.61 Å². The number of aromatic nitrogens is 2. The Kier molecular flexibility index (Phi) is 7.68. The monoisotopic (exact) mass is 393 g/mol. The molecule has 0 saturated heterocycles. The Hall–Kier alpha value is -2.82. The van der Waals surface area contributed by atoms with Gasteiger partial charge in [0.15, 0.2) is 6.61 Å². The van der Waals surface area contributed by atoms with Crippen molar-refractivity contribution in [2.45, 2.75) is 58.5 Å². The highest BCUT2D eigenvalue weighted by Crippen LogP contribution is 2.22. The molecule has 154 valence electrons. The summed E-state index contributed by atoms with van der Waals surface area (Å²) in [4.78, 5) is 17.2. The van der Waals surface area contributed by atoms with Crippen LogP contribution in [0, 0.1) is 0 Å². The van der Waals surface area contributed by atoms with Crippen molar-refractivity contribution in [1.82, 2.24) is 14.9 Å².